The first-order chi connectivity index (χ1) is 10.1. The monoisotopic (exact) mass is 297 g/mol. The van der Waals surface area contributed by atoms with E-state index in [1.54, 1.807) is 0 Å². The Hall–Kier alpha value is -0.120. The summed E-state index contributed by atoms with van der Waals surface area (Å²) in [4.78, 5) is 0. The molecule has 0 aromatic carbocycles. The van der Waals surface area contributed by atoms with Crippen molar-refractivity contribution in [2.24, 2.45) is 5.92 Å². The van der Waals surface area contributed by atoms with Crippen LogP contribution in [-0.4, -0.2) is 37.0 Å². The van der Waals surface area contributed by atoms with Crippen molar-refractivity contribution in [1.29, 1.82) is 0 Å². The normalized spacial score (nSPS) is 29.4. The van der Waals surface area contributed by atoms with Gasteiger partial charge in [0, 0.05) is 19.3 Å². The lowest BCUT2D eigenvalue weighted by atomic mass is 9.74. The highest BCUT2D eigenvalue weighted by atomic mass is 16.5. The number of rotatable bonds is 7. The number of likely N-dealkylation sites (N-methyl/N-ethyl adjacent to an activating group) is 1. The Bertz CT molecular complexity index is 314. The van der Waals surface area contributed by atoms with Crippen LogP contribution in [-0.2, 0) is 9.47 Å². The molecule has 21 heavy (non-hydrogen) atoms. The molecule has 1 aliphatic heterocycles. The summed E-state index contributed by atoms with van der Waals surface area (Å²) in [6.45, 7) is 11.6. The summed E-state index contributed by atoms with van der Waals surface area (Å²) in [7, 11) is 0. The zero-order chi connectivity index (χ0) is 15.3. The van der Waals surface area contributed by atoms with Crippen molar-refractivity contribution in [2.45, 2.75) is 89.9 Å². The van der Waals surface area contributed by atoms with Crippen molar-refractivity contribution in [3.63, 3.8) is 0 Å². The van der Waals surface area contributed by atoms with Crippen LogP contribution in [0.25, 0.3) is 0 Å². The fourth-order valence-electron chi connectivity index (χ4n) is 4.56. The highest BCUT2D eigenvalue weighted by Crippen LogP contribution is 2.44. The molecule has 0 aromatic heterocycles. The molecule has 1 heterocycles. The van der Waals surface area contributed by atoms with E-state index in [9.17, 15) is 0 Å². The van der Waals surface area contributed by atoms with Crippen LogP contribution in [0.1, 0.15) is 72.6 Å². The zero-order valence-electron chi connectivity index (χ0n) is 14.5. The third-order valence-corrected chi connectivity index (χ3v) is 5.78. The van der Waals surface area contributed by atoms with Crippen molar-refractivity contribution in [2.75, 3.05) is 19.8 Å². The maximum absolute atomic E-state index is 6.22. The summed E-state index contributed by atoms with van der Waals surface area (Å²) in [5, 5.41) is 3.75. The first-order valence-electron chi connectivity index (χ1n) is 9.10. The first-order valence-corrected chi connectivity index (χ1v) is 9.10. The van der Waals surface area contributed by atoms with E-state index in [0.29, 0.717) is 12.0 Å². The largest absolute Gasteiger partial charge is 0.375 e. The number of hydrogen-bond acceptors (Lipinski definition) is 3. The molecule has 0 amide bonds. The summed E-state index contributed by atoms with van der Waals surface area (Å²) >= 11 is 0. The summed E-state index contributed by atoms with van der Waals surface area (Å²) in [5.74, 6) is 0.674. The van der Waals surface area contributed by atoms with Gasteiger partial charge in [0.05, 0.1) is 11.2 Å². The molecule has 3 nitrogen and oxygen atoms in total. The second kappa shape index (κ2) is 7.43. The van der Waals surface area contributed by atoms with E-state index < -0.39 is 0 Å². The van der Waals surface area contributed by atoms with Gasteiger partial charge in [-0.1, -0.05) is 26.7 Å². The molecule has 1 spiro atoms. The van der Waals surface area contributed by atoms with Gasteiger partial charge in [0.25, 0.3) is 0 Å². The lowest BCUT2D eigenvalue weighted by Gasteiger charge is -2.47. The summed E-state index contributed by atoms with van der Waals surface area (Å²) in [6, 6.07) is 0.439. The fourth-order valence-corrected chi connectivity index (χ4v) is 4.56. The predicted octanol–water partition coefficient (Wildman–Crippen LogP) is 3.91. The fraction of sp³-hybridized carbons (Fsp3) is 1.00. The topological polar surface area (TPSA) is 30.5 Å². The van der Waals surface area contributed by atoms with Gasteiger partial charge in [0.1, 0.15) is 0 Å². The van der Waals surface area contributed by atoms with Gasteiger partial charge in [-0.2, -0.15) is 0 Å². The van der Waals surface area contributed by atoms with Gasteiger partial charge in [-0.3, -0.25) is 0 Å². The molecule has 1 saturated carbocycles. The van der Waals surface area contributed by atoms with Gasteiger partial charge in [-0.25, -0.2) is 0 Å². The van der Waals surface area contributed by atoms with E-state index in [1.807, 2.05) is 0 Å². The highest BCUT2D eigenvalue weighted by Gasteiger charge is 2.46. The van der Waals surface area contributed by atoms with Crippen LogP contribution in [0, 0.1) is 5.92 Å². The van der Waals surface area contributed by atoms with E-state index in [2.05, 4.69) is 33.0 Å². The average Bonchev–Trinajstić information content (AvgIpc) is 2.92. The second-order valence-corrected chi connectivity index (χ2v) is 7.13. The van der Waals surface area contributed by atoms with E-state index in [4.69, 9.17) is 9.47 Å². The summed E-state index contributed by atoms with van der Waals surface area (Å²) in [5.41, 5.74) is 0.129. The molecular formula is C18H35NO2. The second-order valence-electron chi connectivity index (χ2n) is 7.13. The third kappa shape index (κ3) is 3.80. The van der Waals surface area contributed by atoms with Crippen LogP contribution in [0.4, 0.5) is 0 Å². The molecule has 124 valence electrons. The van der Waals surface area contributed by atoms with Crippen LogP contribution in [0.2, 0.25) is 0 Å². The molecule has 0 radical (unpaired) electrons. The molecule has 3 heteroatoms. The minimum Gasteiger partial charge on any atom is -0.375 e. The number of nitrogens with one attached hydrogen (secondary N) is 1. The lowest BCUT2D eigenvalue weighted by molar-refractivity contribution is -0.127. The Balaban J connectivity index is 2.12. The van der Waals surface area contributed by atoms with Crippen LogP contribution in [0.3, 0.4) is 0 Å². The van der Waals surface area contributed by atoms with Crippen molar-refractivity contribution < 1.29 is 9.47 Å². The Morgan fingerprint density at radius 1 is 1.29 bits per heavy atom. The van der Waals surface area contributed by atoms with Gasteiger partial charge in [-0.05, 0) is 58.4 Å². The van der Waals surface area contributed by atoms with Crippen molar-refractivity contribution in [3.8, 4) is 0 Å². The van der Waals surface area contributed by atoms with Crippen LogP contribution in [0.5, 0.6) is 0 Å². The lowest BCUT2D eigenvalue weighted by Crippen LogP contribution is -2.57. The highest BCUT2D eigenvalue weighted by molar-refractivity contribution is 5.00. The third-order valence-electron chi connectivity index (χ3n) is 5.78. The molecule has 1 aliphatic carbocycles. The van der Waals surface area contributed by atoms with Crippen LogP contribution >= 0.6 is 0 Å². The van der Waals surface area contributed by atoms with Crippen molar-refractivity contribution in [1.82, 2.24) is 5.32 Å². The first kappa shape index (κ1) is 17.2. The smallest absolute Gasteiger partial charge is 0.0806 e. The van der Waals surface area contributed by atoms with Gasteiger partial charge < -0.3 is 14.8 Å². The molecule has 2 aliphatic rings. The number of hydrogen-bond donors (Lipinski definition) is 1. The van der Waals surface area contributed by atoms with Crippen molar-refractivity contribution in [3.05, 3.63) is 0 Å². The van der Waals surface area contributed by atoms with Crippen LogP contribution in [0.15, 0.2) is 0 Å². The molecule has 3 atom stereocenters. The Labute approximate surface area is 131 Å². The molecule has 2 fully saturated rings. The number of ether oxygens (including phenoxy) is 2. The van der Waals surface area contributed by atoms with Crippen LogP contribution < -0.4 is 5.32 Å². The van der Waals surface area contributed by atoms with Gasteiger partial charge >= 0.3 is 0 Å². The van der Waals surface area contributed by atoms with Gasteiger partial charge in [-0.15, -0.1) is 0 Å². The predicted molar refractivity (Wildman–Crippen MR) is 87.7 cm³/mol. The van der Waals surface area contributed by atoms with E-state index in [1.165, 1.54) is 38.5 Å². The minimum absolute atomic E-state index is 0.0629. The summed E-state index contributed by atoms with van der Waals surface area (Å²) in [6.07, 6.45) is 8.65. The molecule has 1 saturated heterocycles. The van der Waals surface area contributed by atoms with Gasteiger partial charge in [0.15, 0.2) is 0 Å². The van der Waals surface area contributed by atoms with E-state index in [0.717, 1.165) is 26.2 Å². The van der Waals surface area contributed by atoms with E-state index in [-0.39, 0.29) is 11.2 Å². The zero-order valence-corrected chi connectivity index (χ0v) is 14.5. The molecule has 2 rings (SSSR count). The Morgan fingerprint density at radius 3 is 2.57 bits per heavy atom. The Kier molecular flexibility index (Phi) is 6.10. The Morgan fingerprint density at radius 2 is 2.00 bits per heavy atom. The average molecular weight is 297 g/mol. The molecular weight excluding hydrogens is 262 g/mol. The van der Waals surface area contributed by atoms with E-state index >= 15 is 0 Å². The van der Waals surface area contributed by atoms with Gasteiger partial charge in [0.2, 0.25) is 0 Å². The molecule has 0 aromatic rings. The molecule has 3 unspecified atom stereocenters. The minimum atomic E-state index is -0.0629. The standard InChI is InChI=1S/C18H35NO2/c1-5-17(4,20-7-3)16(19-6-2)15-10-13-21-18(14-15)11-8-9-12-18/h15-16,19H,5-14H2,1-4H3. The maximum Gasteiger partial charge on any atom is 0.0806 e. The maximum atomic E-state index is 6.22. The quantitative estimate of drug-likeness (QED) is 0.773. The molecule has 0 bridgehead atoms. The summed E-state index contributed by atoms with van der Waals surface area (Å²) < 4.78 is 12.4. The SMILES string of the molecule is CCNC(C1CCOC2(CCCC2)C1)C(C)(CC)OCC. The molecule has 1 N–H and O–H groups in total. The van der Waals surface area contributed by atoms with Crippen molar-refractivity contribution >= 4 is 0 Å².